The minimum atomic E-state index is -0.570. The molecule has 4 heteroatoms. The fourth-order valence-electron chi connectivity index (χ4n) is 1.76. The zero-order chi connectivity index (χ0) is 14.7. The molecule has 0 aliphatic rings. The fraction of sp³-hybridized carbons (Fsp3) is 0.188. The Bertz CT molecular complexity index is 677. The topological polar surface area (TPSA) is 33.0 Å². The molecule has 0 spiro atoms. The van der Waals surface area contributed by atoms with Crippen molar-refractivity contribution in [2.24, 2.45) is 0 Å². The molecule has 2 aromatic rings. The molecule has 0 amide bonds. The van der Waals surface area contributed by atoms with Crippen LogP contribution in [0.25, 0.3) is 0 Å². The van der Waals surface area contributed by atoms with Crippen molar-refractivity contribution < 1.29 is 9.13 Å². The van der Waals surface area contributed by atoms with Gasteiger partial charge in [-0.25, -0.2) is 4.39 Å². The van der Waals surface area contributed by atoms with Gasteiger partial charge in [-0.3, -0.25) is 0 Å². The number of halogens is 2. The molecule has 0 bridgehead atoms. The van der Waals surface area contributed by atoms with Gasteiger partial charge in [-0.2, -0.15) is 5.26 Å². The van der Waals surface area contributed by atoms with Gasteiger partial charge in [-0.05, 0) is 51.7 Å². The van der Waals surface area contributed by atoms with Crippen LogP contribution in [0.1, 0.15) is 30.9 Å². The number of nitrogens with zero attached hydrogens (tertiary/aromatic N) is 1. The van der Waals surface area contributed by atoms with Crippen LogP contribution in [0.2, 0.25) is 0 Å². The summed E-state index contributed by atoms with van der Waals surface area (Å²) in [5.74, 6) is 0.471. The van der Waals surface area contributed by atoms with Crippen LogP contribution in [0.3, 0.4) is 0 Å². The predicted molar refractivity (Wildman–Crippen MR) is 79.4 cm³/mol. The quantitative estimate of drug-likeness (QED) is 0.755. The van der Waals surface area contributed by atoms with Gasteiger partial charge in [0.05, 0.1) is 10.0 Å². The standard InChI is InChI=1S/C16H13BrFNO/c1-10(2)11-4-3-5-13(8-11)20-14-7-6-12(9-19)15(17)16(14)18/h3-8,10H,1-2H3. The number of rotatable bonds is 3. The maximum absolute atomic E-state index is 14.1. The zero-order valence-corrected chi connectivity index (χ0v) is 12.7. The van der Waals surface area contributed by atoms with E-state index in [0.717, 1.165) is 5.56 Å². The molecule has 0 aliphatic carbocycles. The average molecular weight is 334 g/mol. The Morgan fingerprint density at radius 3 is 2.65 bits per heavy atom. The number of benzene rings is 2. The third-order valence-corrected chi connectivity index (χ3v) is 3.70. The highest BCUT2D eigenvalue weighted by Gasteiger charge is 2.13. The predicted octanol–water partition coefficient (Wildman–Crippen LogP) is 5.38. The molecular formula is C16H13BrFNO. The van der Waals surface area contributed by atoms with Crippen LogP contribution in [0, 0.1) is 17.1 Å². The molecule has 0 heterocycles. The summed E-state index contributed by atoms with van der Waals surface area (Å²) in [6, 6.07) is 12.4. The highest BCUT2D eigenvalue weighted by atomic mass is 79.9. The fourth-order valence-corrected chi connectivity index (χ4v) is 2.18. The highest BCUT2D eigenvalue weighted by Crippen LogP contribution is 2.32. The van der Waals surface area contributed by atoms with Crippen LogP contribution < -0.4 is 4.74 Å². The molecule has 0 radical (unpaired) electrons. The lowest BCUT2D eigenvalue weighted by molar-refractivity contribution is 0.439. The Morgan fingerprint density at radius 1 is 1.25 bits per heavy atom. The summed E-state index contributed by atoms with van der Waals surface area (Å²) in [7, 11) is 0. The summed E-state index contributed by atoms with van der Waals surface area (Å²) in [6.45, 7) is 4.16. The Kier molecular flexibility index (Phi) is 4.41. The minimum Gasteiger partial charge on any atom is -0.454 e. The van der Waals surface area contributed by atoms with Crippen LogP contribution in [0.4, 0.5) is 4.39 Å². The van der Waals surface area contributed by atoms with E-state index in [4.69, 9.17) is 10.00 Å². The smallest absolute Gasteiger partial charge is 0.181 e. The lowest BCUT2D eigenvalue weighted by Crippen LogP contribution is -1.93. The second-order valence-corrected chi connectivity index (χ2v) is 5.47. The van der Waals surface area contributed by atoms with Gasteiger partial charge in [0.1, 0.15) is 11.8 Å². The van der Waals surface area contributed by atoms with Crippen molar-refractivity contribution in [3.05, 3.63) is 57.8 Å². The summed E-state index contributed by atoms with van der Waals surface area (Å²) >= 11 is 3.06. The first-order chi connectivity index (χ1) is 9.52. The van der Waals surface area contributed by atoms with E-state index in [1.807, 2.05) is 24.3 Å². The van der Waals surface area contributed by atoms with E-state index < -0.39 is 5.82 Å². The first-order valence-electron chi connectivity index (χ1n) is 6.19. The van der Waals surface area contributed by atoms with Crippen LogP contribution >= 0.6 is 15.9 Å². The molecule has 2 nitrogen and oxygen atoms in total. The number of hydrogen-bond donors (Lipinski definition) is 0. The lowest BCUT2D eigenvalue weighted by Gasteiger charge is -2.11. The first kappa shape index (κ1) is 14.5. The van der Waals surface area contributed by atoms with Crippen molar-refractivity contribution in [3.8, 4) is 17.6 Å². The Balaban J connectivity index is 2.34. The summed E-state index contributed by atoms with van der Waals surface area (Å²) in [5.41, 5.74) is 1.36. The van der Waals surface area contributed by atoms with E-state index in [2.05, 4.69) is 29.8 Å². The van der Waals surface area contributed by atoms with E-state index in [9.17, 15) is 4.39 Å². The molecule has 0 atom stereocenters. The monoisotopic (exact) mass is 333 g/mol. The molecular weight excluding hydrogens is 321 g/mol. The largest absolute Gasteiger partial charge is 0.454 e. The van der Waals surface area contributed by atoms with E-state index in [1.165, 1.54) is 12.1 Å². The second-order valence-electron chi connectivity index (χ2n) is 4.68. The van der Waals surface area contributed by atoms with E-state index in [1.54, 1.807) is 6.07 Å². The van der Waals surface area contributed by atoms with Crippen LogP contribution in [-0.2, 0) is 0 Å². The minimum absolute atomic E-state index is 0.0942. The van der Waals surface area contributed by atoms with Crippen molar-refractivity contribution in [2.75, 3.05) is 0 Å². The number of ether oxygens (including phenoxy) is 1. The van der Waals surface area contributed by atoms with Crippen LogP contribution in [0.5, 0.6) is 11.5 Å². The average Bonchev–Trinajstić information content (AvgIpc) is 2.44. The number of hydrogen-bond acceptors (Lipinski definition) is 2. The number of nitriles is 1. The van der Waals surface area contributed by atoms with Gasteiger partial charge in [-0.1, -0.05) is 26.0 Å². The molecule has 2 aromatic carbocycles. The SMILES string of the molecule is CC(C)c1cccc(Oc2ccc(C#N)c(Br)c2F)c1. The maximum Gasteiger partial charge on any atom is 0.181 e. The van der Waals surface area contributed by atoms with Crippen molar-refractivity contribution in [1.29, 1.82) is 5.26 Å². The van der Waals surface area contributed by atoms with Gasteiger partial charge in [0, 0.05) is 0 Å². The molecule has 20 heavy (non-hydrogen) atoms. The van der Waals surface area contributed by atoms with Gasteiger partial charge in [0.25, 0.3) is 0 Å². The summed E-state index contributed by atoms with van der Waals surface area (Å²) in [6.07, 6.45) is 0. The molecule has 0 aliphatic heterocycles. The van der Waals surface area contributed by atoms with Gasteiger partial charge in [-0.15, -0.1) is 0 Å². The third kappa shape index (κ3) is 3.00. The zero-order valence-electron chi connectivity index (χ0n) is 11.2. The van der Waals surface area contributed by atoms with Crippen molar-refractivity contribution in [2.45, 2.75) is 19.8 Å². The lowest BCUT2D eigenvalue weighted by atomic mass is 10.0. The summed E-state index contributed by atoms with van der Waals surface area (Å²) in [5, 5.41) is 8.83. The molecule has 0 fully saturated rings. The summed E-state index contributed by atoms with van der Waals surface area (Å²) in [4.78, 5) is 0. The van der Waals surface area contributed by atoms with Gasteiger partial charge >= 0.3 is 0 Å². The molecule has 0 N–H and O–H groups in total. The van der Waals surface area contributed by atoms with E-state index in [0.29, 0.717) is 11.7 Å². The first-order valence-corrected chi connectivity index (χ1v) is 6.98. The Morgan fingerprint density at radius 2 is 2.00 bits per heavy atom. The second kappa shape index (κ2) is 6.06. The van der Waals surface area contributed by atoms with Gasteiger partial charge in [0.15, 0.2) is 11.6 Å². The van der Waals surface area contributed by atoms with Gasteiger partial charge in [0.2, 0.25) is 0 Å². The van der Waals surface area contributed by atoms with Crippen molar-refractivity contribution >= 4 is 15.9 Å². The molecule has 102 valence electrons. The van der Waals surface area contributed by atoms with Crippen LogP contribution in [0.15, 0.2) is 40.9 Å². The van der Waals surface area contributed by atoms with Crippen molar-refractivity contribution in [3.63, 3.8) is 0 Å². The summed E-state index contributed by atoms with van der Waals surface area (Å²) < 4.78 is 19.8. The normalized spacial score (nSPS) is 10.4. The Hall–Kier alpha value is -1.86. The highest BCUT2D eigenvalue weighted by molar-refractivity contribution is 9.10. The molecule has 0 aromatic heterocycles. The van der Waals surface area contributed by atoms with E-state index in [-0.39, 0.29) is 15.8 Å². The van der Waals surface area contributed by atoms with E-state index >= 15 is 0 Å². The molecule has 0 saturated carbocycles. The maximum atomic E-state index is 14.1. The Labute approximate surface area is 125 Å². The van der Waals surface area contributed by atoms with Crippen LogP contribution in [-0.4, -0.2) is 0 Å². The molecule has 0 saturated heterocycles. The van der Waals surface area contributed by atoms with Gasteiger partial charge < -0.3 is 4.74 Å². The third-order valence-electron chi connectivity index (χ3n) is 2.92. The molecule has 2 rings (SSSR count). The van der Waals surface area contributed by atoms with Crippen molar-refractivity contribution in [1.82, 2.24) is 0 Å². The molecule has 0 unspecified atom stereocenters.